The molecule has 0 aromatic heterocycles. The van der Waals surface area contributed by atoms with E-state index in [-0.39, 0.29) is 57.4 Å². The number of ether oxygens (including phenoxy) is 1. The first-order valence-electron chi connectivity index (χ1n) is 36.4. The summed E-state index contributed by atoms with van der Waals surface area (Å²) in [6.07, 6.45) is -7.51. The van der Waals surface area contributed by atoms with Gasteiger partial charge in [-0.15, -0.1) is 0 Å². The van der Waals surface area contributed by atoms with Gasteiger partial charge in [-0.05, 0) is 118 Å². The van der Waals surface area contributed by atoms with E-state index in [9.17, 15) is 55.1 Å². The maximum atomic E-state index is 15.5. The Labute approximate surface area is 618 Å². The predicted molar refractivity (Wildman–Crippen MR) is 374 cm³/mol. The molecular weight excluding hydrogens is 1420 g/mol. The number of rotatable bonds is 12. The van der Waals surface area contributed by atoms with E-state index in [1.54, 1.807) is 46.8 Å². The lowest BCUT2D eigenvalue weighted by atomic mass is 9.74. The van der Waals surface area contributed by atoms with Crippen LogP contribution in [-0.2, 0) is 87.5 Å². The highest BCUT2D eigenvalue weighted by molar-refractivity contribution is 6.01. The lowest BCUT2D eigenvalue weighted by Gasteiger charge is -2.46. The van der Waals surface area contributed by atoms with Crippen LogP contribution in [0.1, 0.15) is 140 Å². The topological polar surface area (TPSA) is 279 Å². The summed E-state index contributed by atoms with van der Waals surface area (Å²) >= 11 is 0. The van der Waals surface area contributed by atoms with Crippen molar-refractivity contribution in [2.75, 3.05) is 89.2 Å². The first-order chi connectivity index (χ1) is 50.1. The number of benzene rings is 2. The van der Waals surface area contributed by atoms with E-state index in [1.165, 1.54) is 59.1 Å². The maximum Gasteiger partial charge on any atom is 0.422 e. The number of nitrogens with one attached hydrogen (secondary N) is 3. The number of amides is 12. The summed E-state index contributed by atoms with van der Waals surface area (Å²) in [6, 6.07) is -7.36. The SMILES string of the molecule is CCO[C@@H]1C[C@H]2C(=O)NC3(CCC3)C(=O)N(C)[C@@H](C3CCCC3)C(=O)N(C)[C@H](C(=O)N(C)C)CC(=O)N(C)[C@@H](C(C)C)C(=O)N[C@@H]([C@@H](C)CC)C(=O)N(C)CC(=O)N(C)[C@H]3C/C=C\CCN(C3=O)[C@@H](Cc3ccc(C(F)(F)F)cc3)C(=O)N(C)CC(=O)N[C@H](CCc3cc(F)c(C(F)(F)F)c(F)c3)C(=O)N2C1. The van der Waals surface area contributed by atoms with Crippen LogP contribution in [0.5, 0.6) is 0 Å². The van der Waals surface area contributed by atoms with Gasteiger partial charge in [0.25, 0.3) is 0 Å². The minimum Gasteiger partial charge on any atom is -0.377 e. The summed E-state index contributed by atoms with van der Waals surface area (Å²) < 4.78 is 120. The largest absolute Gasteiger partial charge is 0.422 e. The predicted octanol–water partition coefficient (Wildman–Crippen LogP) is 5.35. The molecule has 2 aromatic carbocycles. The van der Waals surface area contributed by atoms with E-state index in [0.717, 1.165) is 65.6 Å². The molecule has 2 bridgehead atoms. The normalized spacial score (nSPS) is 26.2. The minimum absolute atomic E-state index is 0.0334. The molecule has 2 saturated heterocycles. The van der Waals surface area contributed by atoms with Gasteiger partial charge in [-0.3, -0.25) is 57.5 Å². The Morgan fingerprint density at radius 3 is 1.84 bits per heavy atom. The molecule has 2 aliphatic carbocycles. The van der Waals surface area contributed by atoms with E-state index in [4.69, 9.17) is 4.74 Å². The van der Waals surface area contributed by atoms with Gasteiger partial charge >= 0.3 is 12.4 Å². The zero-order valence-electron chi connectivity index (χ0n) is 63.0. The number of hydrogen-bond acceptors (Lipinski definition) is 13. The third-order valence-electron chi connectivity index (χ3n) is 21.6. The molecule has 7 rings (SSSR count). The van der Waals surface area contributed by atoms with E-state index >= 15 is 37.5 Å². The van der Waals surface area contributed by atoms with E-state index in [1.807, 2.05) is 0 Å². The highest BCUT2D eigenvalue weighted by Crippen LogP contribution is 2.40. The number of halogens is 8. The van der Waals surface area contributed by atoms with Gasteiger partial charge in [-0.25, -0.2) is 8.78 Å². The number of carbonyl (C=O) groups is 12. The average Bonchev–Trinajstić information content (AvgIpc) is 1.68. The van der Waals surface area contributed by atoms with Crippen molar-refractivity contribution in [2.45, 2.75) is 203 Å². The average molecular weight is 1520 g/mol. The van der Waals surface area contributed by atoms with Crippen LogP contribution >= 0.6 is 0 Å². The molecule has 592 valence electrons. The van der Waals surface area contributed by atoms with E-state index in [0.29, 0.717) is 50.7 Å². The van der Waals surface area contributed by atoms with Gasteiger partial charge in [-0.1, -0.05) is 71.2 Å². The molecule has 2 saturated carbocycles. The van der Waals surface area contributed by atoms with Gasteiger partial charge in [0.2, 0.25) is 70.9 Å². The summed E-state index contributed by atoms with van der Waals surface area (Å²) in [5, 5.41) is 8.23. The Balaban J connectivity index is 1.35. The zero-order valence-corrected chi connectivity index (χ0v) is 63.0. The summed E-state index contributed by atoms with van der Waals surface area (Å²) in [6.45, 7) is 6.20. The quantitative estimate of drug-likeness (QED) is 0.179. The highest BCUT2D eigenvalue weighted by atomic mass is 19.4. The van der Waals surface area contributed by atoms with Crippen LogP contribution in [0.3, 0.4) is 0 Å². The molecular formula is C74H102F8N12O13. The zero-order chi connectivity index (χ0) is 79.6. The van der Waals surface area contributed by atoms with Gasteiger partial charge < -0.3 is 64.8 Å². The van der Waals surface area contributed by atoms with E-state index < -0.39 is 228 Å². The summed E-state index contributed by atoms with van der Waals surface area (Å²) in [5.74, 6) is -15.8. The summed E-state index contributed by atoms with van der Waals surface area (Å²) in [5.41, 5.74) is -5.25. The fraction of sp³-hybridized carbons (Fsp3) is 0.649. The van der Waals surface area contributed by atoms with Crippen LogP contribution in [-0.4, -0.2) is 264 Å². The molecule has 12 amide bonds. The molecule has 33 heteroatoms. The van der Waals surface area contributed by atoms with Crippen molar-refractivity contribution in [3.05, 3.63) is 82.4 Å². The van der Waals surface area contributed by atoms with Crippen LogP contribution in [0.15, 0.2) is 48.6 Å². The number of aryl methyl sites for hydroxylation is 1. The van der Waals surface area contributed by atoms with E-state index in [2.05, 4.69) is 16.0 Å². The molecule has 10 atom stereocenters. The molecule has 3 N–H and O–H groups in total. The fourth-order valence-corrected chi connectivity index (χ4v) is 15.0. The maximum absolute atomic E-state index is 15.5. The second-order valence-electron chi connectivity index (χ2n) is 29.6. The molecule has 3 aliphatic heterocycles. The molecule has 1 spiro atoms. The van der Waals surface area contributed by atoms with Crippen molar-refractivity contribution in [2.24, 2.45) is 17.8 Å². The molecule has 25 nitrogen and oxygen atoms in total. The number of carbonyl (C=O) groups excluding carboxylic acids is 12. The summed E-state index contributed by atoms with van der Waals surface area (Å²) in [7, 11) is 10.6. The van der Waals surface area contributed by atoms with Gasteiger partial charge in [0.05, 0.1) is 31.2 Å². The van der Waals surface area contributed by atoms with Gasteiger partial charge in [0.15, 0.2) is 0 Å². The molecule has 0 unspecified atom stereocenters. The number of hydrogen-bond donors (Lipinski definition) is 3. The third kappa shape index (κ3) is 20.1. The smallest absolute Gasteiger partial charge is 0.377 e. The summed E-state index contributed by atoms with van der Waals surface area (Å²) in [4.78, 5) is 190. The molecule has 3 heterocycles. The second-order valence-corrected chi connectivity index (χ2v) is 29.6. The molecule has 4 fully saturated rings. The van der Waals surface area contributed by atoms with Crippen LogP contribution in [0, 0.1) is 29.4 Å². The third-order valence-corrected chi connectivity index (χ3v) is 21.6. The number of nitrogens with zero attached hydrogens (tertiary/aromatic N) is 9. The number of likely N-dealkylation sites (N-methyl/N-ethyl adjacent to an activating group) is 7. The van der Waals surface area contributed by atoms with Crippen molar-refractivity contribution in [3.63, 3.8) is 0 Å². The van der Waals surface area contributed by atoms with Crippen molar-refractivity contribution in [1.82, 2.24) is 60.0 Å². The fourth-order valence-electron chi connectivity index (χ4n) is 15.0. The van der Waals surface area contributed by atoms with Crippen molar-refractivity contribution < 1.29 is 97.4 Å². The Hall–Kier alpha value is -8.78. The van der Waals surface area contributed by atoms with Crippen LogP contribution in [0.2, 0.25) is 0 Å². The Morgan fingerprint density at radius 2 is 1.29 bits per heavy atom. The Kier molecular flexibility index (Phi) is 28.7. The van der Waals surface area contributed by atoms with Crippen LogP contribution in [0.4, 0.5) is 35.1 Å². The Morgan fingerprint density at radius 1 is 0.673 bits per heavy atom. The first kappa shape index (κ1) is 85.5. The lowest BCUT2D eigenvalue weighted by Crippen LogP contribution is -2.68. The van der Waals surface area contributed by atoms with Crippen molar-refractivity contribution in [1.29, 1.82) is 0 Å². The number of alkyl halides is 6. The van der Waals surface area contributed by atoms with Crippen molar-refractivity contribution in [3.8, 4) is 0 Å². The Bertz CT molecular complexity index is 3620. The van der Waals surface area contributed by atoms with Gasteiger partial charge in [-0.2, -0.15) is 26.3 Å². The van der Waals surface area contributed by atoms with Crippen molar-refractivity contribution >= 4 is 70.9 Å². The molecule has 107 heavy (non-hydrogen) atoms. The lowest BCUT2D eigenvalue weighted by molar-refractivity contribution is -0.158. The van der Waals surface area contributed by atoms with Gasteiger partial charge in [0, 0.05) is 88.9 Å². The molecule has 5 aliphatic rings. The van der Waals surface area contributed by atoms with Gasteiger partial charge in [0.1, 0.15) is 71.1 Å². The second kappa shape index (κ2) is 36.0. The van der Waals surface area contributed by atoms with Crippen LogP contribution in [0.25, 0.3) is 0 Å². The molecule has 2 aromatic rings. The standard InChI is InChI=1S/C74H102F8N12O13/c1-14-43(5)60-69(104)88(9)41-58(97)89(10)52-24-17-16-20-33-93(68(52)103)55(36-44-25-28-47(29-26-44)73(77,78)79)67(102)87(8)40-56(95)83-51(30-27-45-34-49(75)59(50(76)35-45)74(80,81)82)65(100)94-39-48(107-15-2)37-53(94)63(98)85-72(31-21-32-72)71(106)92(13)62(46-22-18-19-23-46)70(105)90(11)54(66(101)86(6)7)38-57(96)91(12)61(42(3)4)64(99)84-60/h16-17,25-26,28-29,34-35,42-43,46,48,51-55,60-62H,14-15,18-24,27,30-33,36-41H2,1-13H3,(H,83,95)(H,84,99)(H,85,98)/b17-16-/t43-,48+,51+,52-,53-,54-,55-,60-,61-,62-/m0/s1. The van der Waals surface area contributed by atoms with Crippen LogP contribution < -0.4 is 16.0 Å². The molecule has 0 radical (unpaired) electrons. The first-order valence-corrected chi connectivity index (χ1v) is 36.4. The minimum atomic E-state index is -5.46. The number of fused-ring (bicyclic) bond motifs is 3. The monoisotopic (exact) mass is 1520 g/mol. The highest BCUT2D eigenvalue weighted by Gasteiger charge is 2.54.